The molecule has 0 aromatic carbocycles. The van der Waals surface area contributed by atoms with Crippen molar-refractivity contribution in [3.8, 4) is 11.8 Å². The fraction of sp³-hybridized carbons (Fsp3) is 0.375. The molecule has 0 radical (unpaired) electrons. The summed E-state index contributed by atoms with van der Waals surface area (Å²) in [6.45, 7) is 2.10. The van der Waals surface area contributed by atoms with Crippen molar-refractivity contribution in [2.75, 3.05) is 7.05 Å². The van der Waals surface area contributed by atoms with Gasteiger partial charge in [0.25, 0.3) is 0 Å². The van der Waals surface area contributed by atoms with Crippen molar-refractivity contribution in [2.45, 2.75) is 13.3 Å². The molecule has 0 saturated carbocycles. The average molecular weight is 119 g/mol. The third-order valence-corrected chi connectivity index (χ3v) is 1.28. The maximum Gasteiger partial charge on any atom is 0.108 e. The minimum absolute atomic E-state index is 0.909. The average Bonchev–Trinajstić information content (AvgIpc) is 2.34. The summed E-state index contributed by atoms with van der Waals surface area (Å²) < 4.78 is 0. The molecule has 0 atom stereocenters. The van der Waals surface area contributed by atoms with Gasteiger partial charge < -0.3 is 0 Å². The van der Waals surface area contributed by atoms with Crippen LogP contribution in [0.25, 0.3) is 0 Å². The first-order valence-electron chi connectivity index (χ1n) is 3.06. The Labute approximate surface area is 55.5 Å². The van der Waals surface area contributed by atoms with Crippen LogP contribution in [0, 0.1) is 11.8 Å². The van der Waals surface area contributed by atoms with Gasteiger partial charge in [0.05, 0.1) is 0 Å². The Morgan fingerprint density at radius 2 is 2.33 bits per heavy atom. The van der Waals surface area contributed by atoms with E-state index in [9.17, 15) is 0 Å². The summed E-state index contributed by atoms with van der Waals surface area (Å²) in [4.78, 5) is 3.95. The summed E-state index contributed by atoms with van der Waals surface area (Å²) in [5.74, 6) is 5.90. The lowest BCUT2D eigenvalue weighted by Crippen LogP contribution is -1.82. The predicted molar refractivity (Wildman–Crippen MR) is 39.5 cm³/mol. The Morgan fingerprint density at radius 3 is 2.67 bits per heavy atom. The van der Waals surface area contributed by atoms with Crippen LogP contribution in [0.1, 0.15) is 13.3 Å². The first-order chi connectivity index (χ1) is 4.36. The van der Waals surface area contributed by atoms with Crippen molar-refractivity contribution in [3.05, 3.63) is 11.6 Å². The third kappa shape index (κ3) is 1.20. The Morgan fingerprint density at radius 1 is 1.56 bits per heavy atom. The Balaban J connectivity index is 2.80. The van der Waals surface area contributed by atoms with E-state index in [0.717, 1.165) is 12.1 Å². The highest BCUT2D eigenvalue weighted by atomic mass is 14.7. The highest BCUT2D eigenvalue weighted by Crippen LogP contribution is 2.03. The molecule has 0 aromatic rings. The minimum Gasteiger partial charge on any atom is -0.280 e. The van der Waals surface area contributed by atoms with E-state index < -0.39 is 0 Å². The number of nitrogens with zero attached hydrogens (tertiary/aromatic N) is 1. The van der Waals surface area contributed by atoms with E-state index in [1.807, 2.05) is 6.08 Å². The molecular weight excluding hydrogens is 110 g/mol. The van der Waals surface area contributed by atoms with E-state index in [2.05, 4.69) is 23.8 Å². The molecule has 1 aliphatic carbocycles. The SMILES string of the molecule is CCC1=CC(=NC)C#C1. The predicted octanol–water partition coefficient (Wildman–Crippen LogP) is 1.41. The molecule has 0 aromatic heterocycles. The van der Waals surface area contributed by atoms with Gasteiger partial charge in [-0.1, -0.05) is 12.8 Å². The molecular formula is C8H9N. The molecule has 1 heteroatoms. The fourth-order valence-electron chi connectivity index (χ4n) is 0.692. The molecule has 1 rings (SSSR count). The van der Waals surface area contributed by atoms with Crippen molar-refractivity contribution < 1.29 is 0 Å². The van der Waals surface area contributed by atoms with Crippen molar-refractivity contribution in [1.29, 1.82) is 0 Å². The molecule has 0 aliphatic heterocycles. The number of allylic oxidation sites excluding steroid dienone is 2. The standard InChI is InChI=1S/C8H9N/c1-3-7-4-5-8(6-7)9-2/h6H,3H2,1-2H3. The normalized spacial score (nSPS) is 19.3. The molecule has 46 valence electrons. The first kappa shape index (κ1) is 6.10. The number of hydrogen-bond donors (Lipinski definition) is 0. The summed E-state index contributed by atoms with van der Waals surface area (Å²) >= 11 is 0. The first-order valence-corrected chi connectivity index (χ1v) is 3.06. The molecule has 0 N–H and O–H groups in total. The topological polar surface area (TPSA) is 12.4 Å². The highest BCUT2D eigenvalue weighted by molar-refractivity contribution is 6.12. The Kier molecular flexibility index (Phi) is 1.69. The number of hydrogen-bond acceptors (Lipinski definition) is 1. The zero-order valence-corrected chi connectivity index (χ0v) is 5.73. The Hall–Kier alpha value is -1.03. The molecule has 0 heterocycles. The van der Waals surface area contributed by atoms with Gasteiger partial charge >= 0.3 is 0 Å². The second kappa shape index (κ2) is 2.50. The van der Waals surface area contributed by atoms with Gasteiger partial charge in [-0.15, -0.1) is 0 Å². The van der Waals surface area contributed by atoms with Crippen LogP contribution in [0.15, 0.2) is 16.6 Å². The van der Waals surface area contributed by atoms with Crippen molar-refractivity contribution in [2.24, 2.45) is 4.99 Å². The van der Waals surface area contributed by atoms with Crippen LogP contribution in [0.5, 0.6) is 0 Å². The smallest absolute Gasteiger partial charge is 0.108 e. The number of aliphatic imine (C=N–C) groups is 1. The van der Waals surface area contributed by atoms with Gasteiger partial charge in [-0.05, 0) is 18.4 Å². The van der Waals surface area contributed by atoms with Crippen LogP contribution in [0.3, 0.4) is 0 Å². The van der Waals surface area contributed by atoms with E-state index in [-0.39, 0.29) is 0 Å². The minimum atomic E-state index is 0.909. The molecule has 1 aliphatic rings. The third-order valence-electron chi connectivity index (χ3n) is 1.28. The Bertz CT molecular complexity index is 223. The largest absolute Gasteiger partial charge is 0.280 e. The molecule has 0 amide bonds. The van der Waals surface area contributed by atoms with Gasteiger partial charge in [0, 0.05) is 12.6 Å². The highest BCUT2D eigenvalue weighted by Gasteiger charge is 1.97. The quantitative estimate of drug-likeness (QED) is 0.463. The summed E-state index contributed by atoms with van der Waals surface area (Å²) in [5, 5.41) is 0. The van der Waals surface area contributed by atoms with Gasteiger partial charge in [0.1, 0.15) is 5.71 Å². The lowest BCUT2D eigenvalue weighted by molar-refractivity contribution is 1.17. The zero-order chi connectivity index (χ0) is 6.69. The van der Waals surface area contributed by atoms with E-state index in [1.165, 1.54) is 5.57 Å². The lowest BCUT2D eigenvalue weighted by atomic mass is 10.2. The van der Waals surface area contributed by atoms with Crippen LogP contribution in [0.4, 0.5) is 0 Å². The molecule has 0 spiro atoms. The summed E-state index contributed by atoms with van der Waals surface area (Å²) in [6, 6.07) is 0. The monoisotopic (exact) mass is 119 g/mol. The van der Waals surface area contributed by atoms with Crippen LogP contribution < -0.4 is 0 Å². The van der Waals surface area contributed by atoms with E-state index in [0.29, 0.717) is 0 Å². The molecule has 1 nitrogen and oxygen atoms in total. The number of rotatable bonds is 1. The zero-order valence-electron chi connectivity index (χ0n) is 5.73. The maximum absolute atomic E-state index is 3.95. The molecule has 0 bridgehead atoms. The van der Waals surface area contributed by atoms with Gasteiger partial charge in [-0.25, -0.2) is 0 Å². The summed E-state index contributed by atoms with van der Waals surface area (Å²) in [7, 11) is 1.76. The van der Waals surface area contributed by atoms with E-state index in [4.69, 9.17) is 0 Å². The molecule has 0 unspecified atom stereocenters. The molecule has 0 fully saturated rings. The summed E-state index contributed by atoms with van der Waals surface area (Å²) in [6.07, 6.45) is 3.02. The van der Waals surface area contributed by atoms with Crippen LogP contribution in [-0.2, 0) is 0 Å². The molecule has 0 saturated heterocycles. The van der Waals surface area contributed by atoms with Gasteiger partial charge in [-0.3, -0.25) is 4.99 Å². The van der Waals surface area contributed by atoms with E-state index >= 15 is 0 Å². The van der Waals surface area contributed by atoms with Crippen LogP contribution >= 0.6 is 0 Å². The van der Waals surface area contributed by atoms with E-state index in [1.54, 1.807) is 7.05 Å². The van der Waals surface area contributed by atoms with Crippen LogP contribution in [0.2, 0.25) is 0 Å². The van der Waals surface area contributed by atoms with Gasteiger partial charge in [0.15, 0.2) is 0 Å². The van der Waals surface area contributed by atoms with Crippen molar-refractivity contribution in [3.63, 3.8) is 0 Å². The van der Waals surface area contributed by atoms with Crippen LogP contribution in [-0.4, -0.2) is 12.8 Å². The molecule has 9 heavy (non-hydrogen) atoms. The second-order valence-electron chi connectivity index (χ2n) is 1.88. The van der Waals surface area contributed by atoms with Gasteiger partial charge in [0.2, 0.25) is 0 Å². The summed E-state index contributed by atoms with van der Waals surface area (Å²) in [5.41, 5.74) is 2.10. The second-order valence-corrected chi connectivity index (χ2v) is 1.88. The lowest BCUT2D eigenvalue weighted by Gasteiger charge is -1.83. The fourth-order valence-corrected chi connectivity index (χ4v) is 0.692. The van der Waals surface area contributed by atoms with Crippen molar-refractivity contribution >= 4 is 5.71 Å². The maximum atomic E-state index is 3.95. The van der Waals surface area contributed by atoms with Gasteiger partial charge in [-0.2, -0.15) is 0 Å². The van der Waals surface area contributed by atoms with Crippen molar-refractivity contribution in [1.82, 2.24) is 0 Å².